The van der Waals surface area contributed by atoms with Crippen LogP contribution >= 0.6 is 11.6 Å². The lowest BCUT2D eigenvalue weighted by Gasteiger charge is -2.18. The summed E-state index contributed by atoms with van der Waals surface area (Å²) in [5.74, 6) is -0.531. The molecule has 0 bridgehead atoms. The Morgan fingerprint density at radius 1 is 1.15 bits per heavy atom. The molecule has 2 heterocycles. The second-order valence-electron chi connectivity index (χ2n) is 7.26. The van der Waals surface area contributed by atoms with Crippen LogP contribution in [0.25, 0.3) is 0 Å². The molecule has 4 rings (SSSR count). The van der Waals surface area contributed by atoms with Gasteiger partial charge in [0, 0.05) is 19.8 Å². The lowest BCUT2D eigenvalue weighted by Crippen LogP contribution is -2.30. The van der Waals surface area contributed by atoms with Gasteiger partial charge in [0.2, 0.25) is 5.95 Å². The Kier molecular flexibility index (Phi) is 6.09. The van der Waals surface area contributed by atoms with E-state index >= 15 is 0 Å². The number of halogens is 1. The summed E-state index contributed by atoms with van der Waals surface area (Å²) in [5.41, 5.74) is 1.70. The van der Waals surface area contributed by atoms with E-state index in [4.69, 9.17) is 16.3 Å². The minimum absolute atomic E-state index is 0.0286. The molecule has 3 N–H and O–H groups in total. The number of Topliss-reactive ketones (excluding diaryl/α,β-unsaturated/α-hetero) is 1. The Labute approximate surface area is 193 Å². The molecule has 1 aromatic heterocycles. The molecular formula is C22H19ClN6O4. The van der Waals surface area contributed by atoms with Crippen LogP contribution < -0.4 is 20.7 Å². The first-order valence-electron chi connectivity index (χ1n) is 9.80. The van der Waals surface area contributed by atoms with Gasteiger partial charge in [-0.25, -0.2) is 4.98 Å². The van der Waals surface area contributed by atoms with Crippen molar-refractivity contribution in [1.82, 2.24) is 14.9 Å². The fraction of sp³-hybridized carbons (Fsp3) is 0.136. The average Bonchev–Trinajstić information content (AvgIpc) is 2.80. The van der Waals surface area contributed by atoms with E-state index < -0.39 is 11.7 Å². The number of amides is 2. The molecule has 2 aromatic carbocycles. The third-order valence-corrected chi connectivity index (χ3v) is 4.91. The fourth-order valence-electron chi connectivity index (χ4n) is 3.04. The predicted molar refractivity (Wildman–Crippen MR) is 124 cm³/mol. The van der Waals surface area contributed by atoms with Crippen LogP contribution in [-0.4, -0.2) is 53.2 Å². The third-order valence-electron chi connectivity index (χ3n) is 4.64. The highest BCUT2D eigenvalue weighted by atomic mass is 35.5. The first-order valence-corrected chi connectivity index (χ1v) is 10.2. The zero-order valence-corrected chi connectivity index (χ0v) is 18.4. The van der Waals surface area contributed by atoms with Crippen LogP contribution in [0.4, 0.5) is 28.8 Å². The van der Waals surface area contributed by atoms with Gasteiger partial charge in [-0.15, -0.1) is 0 Å². The van der Waals surface area contributed by atoms with E-state index in [0.29, 0.717) is 22.8 Å². The molecule has 3 aromatic rings. The summed E-state index contributed by atoms with van der Waals surface area (Å²) < 4.78 is 5.35. The van der Waals surface area contributed by atoms with Crippen molar-refractivity contribution in [3.05, 3.63) is 59.2 Å². The summed E-state index contributed by atoms with van der Waals surface area (Å²) in [6.07, 6.45) is 1.40. The van der Waals surface area contributed by atoms with E-state index in [1.807, 2.05) is 0 Å². The van der Waals surface area contributed by atoms with E-state index in [1.54, 1.807) is 42.5 Å². The van der Waals surface area contributed by atoms with Crippen LogP contribution in [0.5, 0.6) is 5.75 Å². The molecule has 0 atom stereocenters. The van der Waals surface area contributed by atoms with Gasteiger partial charge in [0.25, 0.3) is 17.6 Å². The minimum atomic E-state index is -0.662. The molecule has 0 fully saturated rings. The number of benzene rings is 2. The van der Waals surface area contributed by atoms with Crippen LogP contribution in [0.2, 0.25) is 5.02 Å². The van der Waals surface area contributed by atoms with Gasteiger partial charge in [-0.2, -0.15) is 4.98 Å². The van der Waals surface area contributed by atoms with Crippen molar-refractivity contribution < 1.29 is 19.1 Å². The normalized spacial score (nSPS) is 12.2. The summed E-state index contributed by atoms with van der Waals surface area (Å²) in [6, 6.07) is 11.7. The molecule has 168 valence electrons. The lowest BCUT2D eigenvalue weighted by atomic mass is 10.1. The highest BCUT2D eigenvalue weighted by Gasteiger charge is 2.22. The van der Waals surface area contributed by atoms with Crippen molar-refractivity contribution >= 4 is 58.0 Å². The van der Waals surface area contributed by atoms with Gasteiger partial charge in [0.1, 0.15) is 10.8 Å². The zero-order valence-electron chi connectivity index (χ0n) is 17.7. The van der Waals surface area contributed by atoms with Gasteiger partial charge in [-0.3, -0.25) is 14.4 Å². The van der Waals surface area contributed by atoms with Gasteiger partial charge in [0.05, 0.1) is 23.1 Å². The average molecular weight is 467 g/mol. The number of rotatable bonds is 6. The van der Waals surface area contributed by atoms with Crippen molar-refractivity contribution in [2.75, 3.05) is 36.7 Å². The van der Waals surface area contributed by atoms with Gasteiger partial charge >= 0.3 is 0 Å². The Morgan fingerprint density at radius 3 is 2.73 bits per heavy atom. The monoisotopic (exact) mass is 466 g/mol. The molecule has 0 spiro atoms. The molecule has 1 aliphatic rings. The fourth-order valence-corrected chi connectivity index (χ4v) is 3.18. The summed E-state index contributed by atoms with van der Waals surface area (Å²) in [5, 5.41) is 8.99. The zero-order chi connectivity index (χ0) is 23.5. The molecule has 0 saturated heterocycles. The summed E-state index contributed by atoms with van der Waals surface area (Å²) >= 11 is 6.27. The maximum Gasteiger partial charge on any atom is 0.294 e. The van der Waals surface area contributed by atoms with Crippen LogP contribution in [0.1, 0.15) is 10.4 Å². The predicted octanol–water partition coefficient (Wildman–Crippen LogP) is 3.22. The molecule has 0 unspecified atom stereocenters. The Hall–Kier alpha value is -4.18. The van der Waals surface area contributed by atoms with Gasteiger partial charge in [0.15, 0.2) is 12.4 Å². The number of aromatic nitrogens is 2. The first-order chi connectivity index (χ1) is 15.8. The summed E-state index contributed by atoms with van der Waals surface area (Å²) in [6.45, 7) is -0.0286. The van der Waals surface area contributed by atoms with Crippen molar-refractivity contribution in [2.45, 2.75) is 0 Å². The molecule has 10 nitrogen and oxygen atoms in total. The number of nitrogens with zero attached hydrogens (tertiary/aromatic N) is 3. The van der Waals surface area contributed by atoms with Crippen LogP contribution in [-0.2, 0) is 9.59 Å². The number of likely N-dealkylation sites (N-methyl/N-ethyl adjacent to an activating group) is 1. The van der Waals surface area contributed by atoms with E-state index in [1.165, 1.54) is 25.2 Å². The van der Waals surface area contributed by atoms with E-state index in [2.05, 4.69) is 25.9 Å². The number of para-hydroxylation sites is 1. The van der Waals surface area contributed by atoms with Crippen molar-refractivity contribution in [3.63, 3.8) is 0 Å². The molecular weight excluding hydrogens is 448 g/mol. The molecule has 1 aliphatic heterocycles. The van der Waals surface area contributed by atoms with E-state index in [-0.39, 0.29) is 34.9 Å². The Bertz CT molecular complexity index is 1260. The number of carbonyl (C=O) groups excluding carboxylic acids is 3. The minimum Gasteiger partial charge on any atom is -0.482 e. The summed E-state index contributed by atoms with van der Waals surface area (Å²) in [4.78, 5) is 46.0. The number of ether oxygens (including phenoxy) is 1. The third kappa shape index (κ3) is 4.85. The number of fused-ring (bicyclic) bond motifs is 1. The van der Waals surface area contributed by atoms with E-state index in [0.717, 1.165) is 0 Å². The SMILES string of the molecule is CN(C)C(=O)C(=O)c1ccccc1Nc1nc(Nc2ccc3c(c2)NC(=O)CO3)ncc1Cl. The molecule has 0 radical (unpaired) electrons. The highest BCUT2D eigenvalue weighted by molar-refractivity contribution is 6.43. The Balaban J connectivity index is 1.58. The first kappa shape index (κ1) is 22.0. The summed E-state index contributed by atoms with van der Waals surface area (Å²) in [7, 11) is 3.02. The Morgan fingerprint density at radius 2 is 1.94 bits per heavy atom. The van der Waals surface area contributed by atoms with Gasteiger partial charge in [-0.05, 0) is 30.3 Å². The van der Waals surface area contributed by atoms with Crippen molar-refractivity contribution in [1.29, 1.82) is 0 Å². The number of hydrogen-bond acceptors (Lipinski definition) is 8. The molecule has 2 amide bonds. The maximum absolute atomic E-state index is 12.6. The number of anilines is 5. The molecule has 0 saturated carbocycles. The smallest absolute Gasteiger partial charge is 0.294 e. The van der Waals surface area contributed by atoms with Crippen LogP contribution in [0.15, 0.2) is 48.7 Å². The second-order valence-corrected chi connectivity index (χ2v) is 7.67. The lowest BCUT2D eigenvalue weighted by molar-refractivity contribution is -0.124. The quantitative estimate of drug-likeness (QED) is 0.373. The topological polar surface area (TPSA) is 126 Å². The maximum atomic E-state index is 12.6. The van der Waals surface area contributed by atoms with Gasteiger partial charge in [-0.1, -0.05) is 23.7 Å². The van der Waals surface area contributed by atoms with Crippen molar-refractivity contribution in [3.8, 4) is 5.75 Å². The van der Waals surface area contributed by atoms with Crippen LogP contribution in [0, 0.1) is 0 Å². The van der Waals surface area contributed by atoms with Gasteiger partial charge < -0.3 is 25.6 Å². The number of ketones is 1. The van der Waals surface area contributed by atoms with Crippen molar-refractivity contribution in [2.24, 2.45) is 0 Å². The highest BCUT2D eigenvalue weighted by Crippen LogP contribution is 2.32. The number of carbonyl (C=O) groups is 3. The van der Waals surface area contributed by atoms with Crippen LogP contribution in [0.3, 0.4) is 0 Å². The number of nitrogens with one attached hydrogen (secondary N) is 3. The van der Waals surface area contributed by atoms with E-state index in [9.17, 15) is 14.4 Å². The standard InChI is InChI=1S/C22H19ClN6O4/c1-29(2)21(32)19(31)13-5-3-4-6-15(13)27-20-14(23)10-24-22(28-20)25-12-7-8-17-16(9-12)26-18(30)11-33-17/h3-10H,11H2,1-2H3,(H,26,30)(H2,24,25,27,28). The molecule has 0 aliphatic carbocycles. The number of hydrogen-bond donors (Lipinski definition) is 3. The largest absolute Gasteiger partial charge is 0.482 e. The molecule has 33 heavy (non-hydrogen) atoms. The molecule has 11 heteroatoms. The second kappa shape index (κ2) is 9.13.